The Bertz CT molecular complexity index is 1510. The molecule has 0 saturated heterocycles. The lowest BCUT2D eigenvalue weighted by atomic mass is 10.1. The standard InChI is InChI=1S/C34H45N3O6S/c1-8-26(5)35-34(39)30(9-2)36(18-17-27-13-11-10-12-14-27)33(38)23-37(28-20-24(3)19-25(4)21-28)44(40,41)29-15-16-31(42-6)32(22-29)43-7/h10-16,19-22,26,30H,8-9,17-18,23H2,1-7H3,(H,35,39)/t26-,30-/m1/s1. The van der Waals surface area contributed by atoms with Gasteiger partial charge in [-0.1, -0.05) is 50.2 Å². The van der Waals surface area contributed by atoms with Crippen molar-refractivity contribution in [1.29, 1.82) is 0 Å². The molecule has 238 valence electrons. The van der Waals surface area contributed by atoms with Crippen molar-refractivity contribution in [1.82, 2.24) is 10.2 Å². The molecule has 1 N–H and O–H groups in total. The van der Waals surface area contributed by atoms with Gasteiger partial charge in [0.25, 0.3) is 10.0 Å². The van der Waals surface area contributed by atoms with E-state index in [1.165, 1.54) is 37.3 Å². The van der Waals surface area contributed by atoms with Crippen molar-refractivity contribution >= 4 is 27.5 Å². The number of carbonyl (C=O) groups is 2. The fraction of sp³-hybridized carbons (Fsp3) is 0.412. The second kappa shape index (κ2) is 15.6. The van der Waals surface area contributed by atoms with Gasteiger partial charge in [-0.3, -0.25) is 13.9 Å². The number of methoxy groups -OCH3 is 2. The molecule has 0 fully saturated rings. The van der Waals surface area contributed by atoms with Crippen LogP contribution in [0, 0.1) is 13.8 Å². The number of aryl methyl sites for hydroxylation is 2. The van der Waals surface area contributed by atoms with Crippen LogP contribution in [0.5, 0.6) is 11.5 Å². The van der Waals surface area contributed by atoms with Gasteiger partial charge in [0.05, 0.1) is 24.8 Å². The Balaban J connectivity index is 2.09. The van der Waals surface area contributed by atoms with Gasteiger partial charge in [0, 0.05) is 18.7 Å². The summed E-state index contributed by atoms with van der Waals surface area (Å²) in [6.07, 6.45) is 1.62. The third-order valence-corrected chi connectivity index (χ3v) is 9.36. The van der Waals surface area contributed by atoms with Crippen molar-refractivity contribution in [3.8, 4) is 11.5 Å². The third kappa shape index (κ3) is 8.53. The second-order valence-corrected chi connectivity index (χ2v) is 12.8. The number of ether oxygens (including phenoxy) is 2. The van der Waals surface area contributed by atoms with Crippen molar-refractivity contribution in [2.45, 2.75) is 70.9 Å². The van der Waals surface area contributed by atoms with Crippen molar-refractivity contribution in [3.63, 3.8) is 0 Å². The molecule has 0 spiro atoms. The summed E-state index contributed by atoms with van der Waals surface area (Å²) in [6.45, 7) is 9.23. The van der Waals surface area contributed by atoms with Crippen molar-refractivity contribution in [2.75, 3.05) is 31.6 Å². The van der Waals surface area contributed by atoms with Crippen molar-refractivity contribution in [3.05, 3.63) is 83.4 Å². The molecule has 0 aliphatic rings. The minimum Gasteiger partial charge on any atom is -0.493 e. The molecule has 0 heterocycles. The first-order valence-electron chi connectivity index (χ1n) is 14.9. The molecule has 0 radical (unpaired) electrons. The first kappa shape index (κ1) is 34.4. The number of carbonyl (C=O) groups excluding carboxylic acids is 2. The number of nitrogens with zero attached hydrogens (tertiary/aromatic N) is 2. The smallest absolute Gasteiger partial charge is 0.264 e. The molecule has 0 aliphatic carbocycles. The Labute approximate surface area is 262 Å². The molecule has 0 aliphatic heterocycles. The normalized spacial score (nSPS) is 12.6. The van der Waals surface area contributed by atoms with Crippen LogP contribution >= 0.6 is 0 Å². The van der Waals surface area contributed by atoms with E-state index in [4.69, 9.17) is 9.47 Å². The number of sulfonamides is 1. The van der Waals surface area contributed by atoms with E-state index in [1.54, 1.807) is 12.1 Å². The van der Waals surface area contributed by atoms with E-state index >= 15 is 0 Å². The minimum absolute atomic E-state index is 0.0560. The monoisotopic (exact) mass is 623 g/mol. The molecular weight excluding hydrogens is 578 g/mol. The van der Waals surface area contributed by atoms with Crippen LogP contribution in [0.2, 0.25) is 0 Å². The first-order valence-corrected chi connectivity index (χ1v) is 16.4. The Kier molecular flexibility index (Phi) is 12.2. The summed E-state index contributed by atoms with van der Waals surface area (Å²) in [5.74, 6) is -0.109. The second-order valence-electron chi connectivity index (χ2n) is 10.9. The average molecular weight is 624 g/mol. The van der Waals surface area contributed by atoms with Gasteiger partial charge in [0.2, 0.25) is 11.8 Å². The topological polar surface area (TPSA) is 105 Å². The molecule has 0 bridgehead atoms. The highest BCUT2D eigenvalue weighted by Gasteiger charge is 2.34. The predicted molar refractivity (Wildman–Crippen MR) is 174 cm³/mol. The summed E-state index contributed by atoms with van der Waals surface area (Å²) < 4.78 is 40.4. The zero-order valence-electron chi connectivity index (χ0n) is 26.8. The lowest BCUT2D eigenvalue weighted by Crippen LogP contribution is -2.54. The number of hydrogen-bond donors (Lipinski definition) is 1. The zero-order valence-corrected chi connectivity index (χ0v) is 27.6. The Morgan fingerprint density at radius 1 is 0.864 bits per heavy atom. The van der Waals surface area contributed by atoms with Crippen LogP contribution in [-0.2, 0) is 26.0 Å². The lowest BCUT2D eigenvalue weighted by Gasteiger charge is -2.34. The fourth-order valence-electron chi connectivity index (χ4n) is 5.06. The van der Waals surface area contributed by atoms with Gasteiger partial charge < -0.3 is 19.7 Å². The summed E-state index contributed by atoms with van der Waals surface area (Å²) in [5.41, 5.74) is 3.05. The van der Waals surface area contributed by atoms with E-state index in [1.807, 2.05) is 71.0 Å². The Morgan fingerprint density at radius 2 is 1.50 bits per heavy atom. The van der Waals surface area contributed by atoms with Crippen LogP contribution in [0.4, 0.5) is 5.69 Å². The van der Waals surface area contributed by atoms with E-state index in [0.717, 1.165) is 27.4 Å². The number of hydrogen-bond acceptors (Lipinski definition) is 6. The summed E-state index contributed by atoms with van der Waals surface area (Å²) >= 11 is 0. The van der Waals surface area contributed by atoms with E-state index in [2.05, 4.69) is 5.32 Å². The van der Waals surface area contributed by atoms with Gasteiger partial charge in [-0.05, 0) is 81.0 Å². The lowest BCUT2D eigenvalue weighted by molar-refractivity contribution is -0.139. The molecule has 0 saturated carbocycles. The maximum Gasteiger partial charge on any atom is 0.264 e. The van der Waals surface area contributed by atoms with Crippen LogP contribution in [0.25, 0.3) is 0 Å². The van der Waals surface area contributed by atoms with Crippen LogP contribution < -0.4 is 19.1 Å². The van der Waals surface area contributed by atoms with E-state index < -0.39 is 28.5 Å². The summed E-state index contributed by atoms with van der Waals surface area (Å²) in [7, 11) is -1.37. The summed E-state index contributed by atoms with van der Waals surface area (Å²) in [4.78, 5) is 29.2. The molecule has 3 rings (SSSR count). The molecule has 2 amide bonds. The van der Waals surface area contributed by atoms with E-state index in [0.29, 0.717) is 24.3 Å². The largest absolute Gasteiger partial charge is 0.493 e. The minimum atomic E-state index is -4.27. The molecule has 9 nitrogen and oxygen atoms in total. The zero-order chi connectivity index (χ0) is 32.4. The number of nitrogens with one attached hydrogen (secondary N) is 1. The molecular formula is C34H45N3O6S. The Morgan fingerprint density at radius 3 is 2.07 bits per heavy atom. The maximum absolute atomic E-state index is 14.3. The maximum atomic E-state index is 14.3. The third-order valence-electron chi connectivity index (χ3n) is 7.59. The van der Waals surface area contributed by atoms with Crippen LogP contribution in [0.3, 0.4) is 0 Å². The number of benzene rings is 3. The van der Waals surface area contributed by atoms with E-state index in [9.17, 15) is 18.0 Å². The summed E-state index contributed by atoms with van der Waals surface area (Å²) in [6, 6.07) is 18.6. The molecule has 10 heteroatoms. The van der Waals surface area contributed by atoms with Crippen LogP contribution in [-0.4, -0.2) is 64.5 Å². The number of rotatable bonds is 15. The molecule has 0 aromatic heterocycles. The molecule has 44 heavy (non-hydrogen) atoms. The van der Waals surface area contributed by atoms with Gasteiger partial charge in [-0.25, -0.2) is 8.42 Å². The van der Waals surface area contributed by atoms with Gasteiger partial charge in [0.15, 0.2) is 11.5 Å². The molecule has 2 atom stereocenters. The number of anilines is 1. The fourth-order valence-corrected chi connectivity index (χ4v) is 6.48. The highest BCUT2D eigenvalue weighted by molar-refractivity contribution is 7.92. The van der Waals surface area contributed by atoms with Gasteiger partial charge in [0.1, 0.15) is 12.6 Å². The highest BCUT2D eigenvalue weighted by atomic mass is 32.2. The highest BCUT2D eigenvalue weighted by Crippen LogP contribution is 2.33. The molecule has 0 unspecified atom stereocenters. The molecule has 3 aromatic rings. The van der Waals surface area contributed by atoms with Gasteiger partial charge >= 0.3 is 0 Å². The predicted octanol–water partition coefficient (Wildman–Crippen LogP) is 5.28. The Hall–Kier alpha value is -4.05. The quantitative estimate of drug-likeness (QED) is 0.247. The number of amides is 2. The van der Waals surface area contributed by atoms with Gasteiger partial charge in [-0.2, -0.15) is 0 Å². The molecule has 3 aromatic carbocycles. The first-order chi connectivity index (χ1) is 20.9. The summed E-state index contributed by atoms with van der Waals surface area (Å²) in [5, 5.41) is 3.00. The van der Waals surface area contributed by atoms with Crippen LogP contribution in [0.15, 0.2) is 71.6 Å². The van der Waals surface area contributed by atoms with Crippen LogP contribution in [0.1, 0.15) is 50.3 Å². The van der Waals surface area contributed by atoms with E-state index in [-0.39, 0.29) is 29.1 Å². The average Bonchev–Trinajstić information content (AvgIpc) is 3.00. The van der Waals surface area contributed by atoms with Gasteiger partial charge in [-0.15, -0.1) is 0 Å². The van der Waals surface area contributed by atoms with Crippen molar-refractivity contribution < 1.29 is 27.5 Å². The SMILES string of the molecule is CC[C@@H](C)NC(=O)[C@@H](CC)N(CCc1ccccc1)C(=O)CN(c1cc(C)cc(C)c1)S(=O)(=O)c1ccc(OC)c(OC)c1. The van der Waals surface area contributed by atoms with Crippen molar-refractivity contribution in [2.24, 2.45) is 0 Å².